The Labute approximate surface area is 194 Å². The number of hydrogen-bond donors (Lipinski definition) is 1. The van der Waals surface area contributed by atoms with Crippen molar-refractivity contribution in [2.45, 2.75) is 24.8 Å². The van der Waals surface area contributed by atoms with Gasteiger partial charge in [-0.2, -0.15) is 0 Å². The van der Waals surface area contributed by atoms with Gasteiger partial charge in [0.2, 0.25) is 5.91 Å². The number of nitrogens with one attached hydrogen (secondary N) is 1. The quantitative estimate of drug-likeness (QED) is 0.548. The molecule has 5 heteroatoms. The van der Waals surface area contributed by atoms with Gasteiger partial charge in [-0.15, -0.1) is 0 Å². The lowest BCUT2D eigenvalue weighted by molar-refractivity contribution is -0.128. The molecule has 1 amide bonds. The largest absolute Gasteiger partial charge is 0.497 e. The predicted octanol–water partition coefficient (Wildman–Crippen LogP) is 5.16. The van der Waals surface area contributed by atoms with E-state index in [1.807, 2.05) is 60.7 Å². The van der Waals surface area contributed by atoms with E-state index in [1.165, 1.54) is 6.07 Å². The summed E-state index contributed by atoms with van der Waals surface area (Å²) in [6.07, 6.45) is 1.25. The molecule has 1 aliphatic rings. The first-order valence-corrected chi connectivity index (χ1v) is 11.2. The summed E-state index contributed by atoms with van der Waals surface area (Å²) in [5.41, 5.74) is 2.55. The van der Waals surface area contributed by atoms with E-state index < -0.39 is 5.41 Å². The molecule has 1 N–H and O–H groups in total. The summed E-state index contributed by atoms with van der Waals surface area (Å²) in [5.74, 6) is 0.522. The lowest BCUT2D eigenvalue weighted by Gasteiger charge is -2.42. The van der Waals surface area contributed by atoms with E-state index in [-0.39, 0.29) is 11.7 Å². The fourth-order valence-electron chi connectivity index (χ4n) is 4.52. The van der Waals surface area contributed by atoms with Gasteiger partial charge in [-0.05, 0) is 48.2 Å². The summed E-state index contributed by atoms with van der Waals surface area (Å²) in [5, 5.41) is 3.15. The number of carbonyl (C=O) groups excluding carboxylic acids is 1. The molecule has 4 nitrogen and oxygen atoms in total. The zero-order valence-corrected chi connectivity index (χ0v) is 18.9. The monoisotopic (exact) mass is 444 g/mol. The highest BCUT2D eigenvalue weighted by atomic mass is 19.1. The van der Waals surface area contributed by atoms with Crippen LogP contribution in [0, 0.1) is 5.82 Å². The van der Waals surface area contributed by atoms with Crippen LogP contribution in [0.2, 0.25) is 0 Å². The van der Waals surface area contributed by atoms with E-state index in [9.17, 15) is 9.18 Å². The molecule has 0 radical (unpaired) electrons. The summed E-state index contributed by atoms with van der Waals surface area (Å²) in [4.78, 5) is 15.7. The molecule has 1 aliphatic heterocycles. The van der Waals surface area contributed by atoms with Gasteiger partial charge in [0.05, 0.1) is 12.5 Å². The Morgan fingerprint density at radius 2 is 1.64 bits per heavy atom. The normalized spacial score (nSPS) is 15.0. The summed E-state index contributed by atoms with van der Waals surface area (Å²) in [6, 6.07) is 24.3. The molecule has 4 rings (SSSR count). The Morgan fingerprint density at radius 1 is 1.00 bits per heavy atom. The van der Waals surface area contributed by atoms with Crippen LogP contribution < -0.4 is 10.1 Å². The molecule has 1 saturated heterocycles. The maximum absolute atomic E-state index is 14.3. The standard InChI is InChI=1S/C28H29FN2O2/c1-21(25-10-6-7-11-26(25)29)31-18-16-28(17-19-31,23-8-4-3-5-9-23)27(32)30-20-22-12-14-24(33-2)15-13-22/h3-15H,1,16-20H2,2H3,(H,30,32). The lowest BCUT2D eigenvalue weighted by Crippen LogP contribution is -2.51. The van der Waals surface area contributed by atoms with Crippen molar-refractivity contribution in [3.8, 4) is 5.75 Å². The van der Waals surface area contributed by atoms with Crippen LogP contribution in [0.1, 0.15) is 29.5 Å². The Balaban J connectivity index is 1.50. The number of ether oxygens (including phenoxy) is 1. The van der Waals surface area contributed by atoms with Crippen LogP contribution in [0.15, 0.2) is 85.4 Å². The van der Waals surface area contributed by atoms with Crippen molar-refractivity contribution in [2.75, 3.05) is 20.2 Å². The van der Waals surface area contributed by atoms with Gasteiger partial charge in [-0.25, -0.2) is 4.39 Å². The van der Waals surface area contributed by atoms with E-state index in [1.54, 1.807) is 19.2 Å². The number of carbonyl (C=O) groups is 1. The van der Waals surface area contributed by atoms with Crippen molar-refractivity contribution in [1.29, 1.82) is 0 Å². The number of likely N-dealkylation sites (tertiary alicyclic amines) is 1. The number of benzene rings is 3. The van der Waals surface area contributed by atoms with Crippen LogP contribution in [-0.4, -0.2) is 31.0 Å². The van der Waals surface area contributed by atoms with Crippen molar-refractivity contribution in [3.05, 3.63) is 108 Å². The van der Waals surface area contributed by atoms with Crippen LogP contribution in [0.5, 0.6) is 5.75 Å². The number of halogens is 1. The van der Waals surface area contributed by atoms with Crippen molar-refractivity contribution >= 4 is 11.6 Å². The third-order valence-corrected chi connectivity index (χ3v) is 6.56. The van der Waals surface area contributed by atoms with Crippen LogP contribution in [0.25, 0.3) is 5.70 Å². The SMILES string of the molecule is C=C(c1ccccc1F)N1CCC(C(=O)NCc2ccc(OC)cc2)(c2ccccc2)CC1. The molecule has 0 unspecified atom stereocenters. The van der Waals surface area contributed by atoms with Crippen LogP contribution in [0.4, 0.5) is 4.39 Å². The van der Waals surface area contributed by atoms with Gasteiger partial charge in [-0.3, -0.25) is 4.79 Å². The molecule has 3 aromatic rings. The van der Waals surface area contributed by atoms with Gasteiger partial charge in [0, 0.05) is 30.9 Å². The highest BCUT2D eigenvalue weighted by molar-refractivity contribution is 5.88. The first-order valence-electron chi connectivity index (χ1n) is 11.2. The molecule has 3 aromatic carbocycles. The van der Waals surface area contributed by atoms with Gasteiger partial charge in [0.1, 0.15) is 11.6 Å². The fraction of sp³-hybridized carbons (Fsp3) is 0.250. The smallest absolute Gasteiger partial charge is 0.231 e. The molecule has 0 aromatic heterocycles. The Hall–Kier alpha value is -3.60. The molecule has 0 aliphatic carbocycles. The number of amides is 1. The Bertz CT molecular complexity index is 1100. The van der Waals surface area contributed by atoms with Gasteiger partial charge in [0.15, 0.2) is 0 Å². The Kier molecular flexibility index (Phi) is 6.78. The number of methoxy groups -OCH3 is 1. The molecule has 0 atom stereocenters. The van der Waals surface area contributed by atoms with Gasteiger partial charge >= 0.3 is 0 Å². The highest BCUT2D eigenvalue weighted by Gasteiger charge is 2.43. The molecular formula is C28H29FN2O2. The van der Waals surface area contributed by atoms with E-state index in [0.29, 0.717) is 43.7 Å². The maximum Gasteiger partial charge on any atom is 0.231 e. The van der Waals surface area contributed by atoms with Crippen molar-refractivity contribution in [1.82, 2.24) is 10.2 Å². The fourth-order valence-corrected chi connectivity index (χ4v) is 4.52. The van der Waals surface area contributed by atoms with E-state index >= 15 is 0 Å². The molecule has 1 fully saturated rings. The first-order chi connectivity index (χ1) is 16.0. The number of piperidine rings is 1. The zero-order valence-electron chi connectivity index (χ0n) is 18.9. The van der Waals surface area contributed by atoms with Gasteiger partial charge in [-0.1, -0.05) is 61.2 Å². The molecule has 0 saturated carbocycles. The lowest BCUT2D eigenvalue weighted by atomic mass is 9.71. The molecule has 1 heterocycles. The second kappa shape index (κ2) is 9.90. The van der Waals surface area contributed by atoms with E-state index in [0.717, 1.165) is 16.9 Å². The van der Waals surface area contributed by atoms with Gasteiger partial charge < -0.3 is 15.0 Å². The van der Waals surface area contributed by atoms with E-state index in [4.69, 9.17) is 4.74 Å². The van der Waals surface area contributed by atoms with Crippen molar-refractivity contribution in [2.24, 2.45) is 0 Å². The highest BCUT2D eigenvalue weighted by Crippen LogP contribution is 2.38. The van der Waals surface area contributed by atoms with Crippen LogP contribution >= 0.6 is 0 Å². The topological polar surface area (TPSA) is 41.6 Å². The second-order valence-electron chi connectivity index (χ2n) is 8.39. The van der Waals surface area contributed by atoms with Gasteiger partial charge in [0.25, 0.3) is 0 Å². The molecule has 0 bridgehead atoms. The summed E-state index contributed by atoms with van der Waals surface area (Å²) in [6.45, 7) is 5.83. The molecular weight excluding hydrogens is 415 g/mol. The number of nitrogens with zero attached hydrogens (tertiary/aromatic N) is 1. The number of hydrogen-bond acceptors (Lipinski definition) is 3. The molecule has 170 valence electrons. The minimum absolute atomic E-state index is 0.0145. The van der Waals surface area contributed by atoms with Crippen LogP contribution in [-0.2, 0) is 16.8 Å². The van der Waals surface area contributed by atoms with Crippen molar-refractivity contribution in [3.63, 3.8) is 0 Å². The average molecular weight is 445 g/mol. The first kappa shape index (κ1) is 22.6. The molecule has 33 heavy (non-hydrogen) atoms. The third kappa shape index (κ3) is 4.77. The summed E-state index contributed by atoms with van der Waals surface area (Å²) >= 11 is 0. The zero-order chi connectivity index (χ0) is 23.3. The number of rotatable bonds is 7. The minimum Gasteiger partial charge on any atom is -0.497 e. The maximum atomic E-state index is 14.3. The van der Waals surface area contributed by atoms with E-state index in [2.05, 4.69) is 16.8 Å². The summed E-state index contributed by atoms with van der Waals surface area (Å²) in [7, 11) is 1.63. The second-order valence-corrected chi connectivity index (χ2v) is 8.39. The van der Waals surface area contributed by atoms with Crippen molar-refractivity contribution < 1.29 is 13.9 Å². The minimum atomic E-state index is -0.639. The Morgan fingerprint density at radius 3 is 2.27 bits per heavy atom. The average Bonchev–Trinajstić information content (AvgIpc) is 2.88. The van der Waals surface area contributed by atoms with Crippen LogP contribution in [0.3, 0.4) is 0 Å². The predicted molar refractivity (Wildman–Crippen MR) is 129 cm³/mol. The molecule has 0 spiro atoms. The third-order valence-electron chi connectivity index (χ3n) is 6.56. The summed E-state index contributed by atoms with van der Waals surface area (Å²) < 4.78 is 19.5.